The van der Waals surface area contributed by atoms with Crippen molar-refractivity contribution in [2.75, 3.05) is 19.6 Å². The topological polar surface area (TPSA) is 58.1 Å². The predicted octanol–water partition coefficient (Wildman–Crippen LogP) is 1.27. The zero-order valence-electron chi connectivity index (χ0n) is 11.4. The Hall–Kier alpha value is -1.01. The number of nitrogens with zero attached hydrogens (tertiary/aromatic N) is 3. The standard InChI is InChI=1S/C12H20N4OS/c1-8-7-16(6-5-13-8)11(17)9-10(12(2,3)4)14-15-18-9/h8,13H,5-7H2,1-4H3. The van der Waals surface area contributed by atoms with Crippen LogP contribution < -0.4 is 5.32 Å². The number of carbonyl (C=O) groups excluding carboxylic acids is 1. The van der Waals surface area contributed by atoms with Gasteiger partial charge >= 0.3 is 0 Å². The van der Waals surface area contributed by atoms with E-state index >= 15 is 0 Å². The average molecular weight is 268 g/mol. The summed E-state index contributed by atoms with van der Waals surface area (Å²) >= 11 is 1.21. The van der Waals surface area contributed by atoms with E-state index in [2.05, 4.69) is 42.6 Å². The Balaban J connectivity index is 2.21. The van der Waals surface area contributed by atoms with Crippen molar-refractivity contribution in [3.63, 3.8) is 0 Å². The molecule has 2 heterocycles. The minimum atomic E-state index is -0.141. The molecule has 100 valence electrons. The summed E-state index contributed by atoms with van der Waals surface area (Å²) in [5, 5.41) is 7.46. The number of piperazine rings is 1. The van der Waals surface area contributed by atoms with E-state index in [1.807, 2.05) is 4.90 Å². The predicted molar refractivity (Wildman–Crippen MR) is 72.0 cm³/mol. The molecule has 1 aromatic rings. The van der Waals surface area contributed by atoms with Crippen LogP contribution in [0.5, 0.6) is 0 Å². The number of hydrogen-bond donors (Lipinski definition) is 1. The van der Waals surface area contributed by atoms with Crippen LogP contribution in [-0.2, 0) is 5.41 Å². The smallest absolute Gasteiger partial charge is 0.267 e. The molecule has 0 bridgehead atoms. The van der Waals surface area contributed by atoms with E-state index in [9.17, 15) is 4.79 Å². The van der Waals surface area contributed by atoms with Gasteiger partial charge in [-0.3, -0.25) is 4.79 Å². The van der Waals surface area contributed by atoms with Gasteiger partial charge in [-0.25, -0.2) is 0 Å². The molecule has 5 nitrogen and oxygen atoms in total. The SMILES string of the molecule is CC1CN(C(=O)c2snnc2C(C)(C)C)CCN1. The molecule has 1 saturated heterocycles. The maximum Gasteiger partial charge on any atom is 0.267 e. The van der Waals surface area contributed by atoms with Crippen LogP contribution in [0.2, 0.25) is 0 Å². The normalized spacial score (nSPS) is 21.1. The van der Waals surface area contributed by atoms with Crippen LogP contribution in [0.4, 0.5) is 0 Å². The van der Waals surface area contributed by atoms with Crippen LogP contribution in [0.15, 0.2) is 0 Å². The molecule has 0 radical (unpaired) electrons. The van der Waals surface area contributed by atoms with Gasteiger partial charge in [0, 0.05) is 31.1 Å². The zero-order chi connectivity index (χ0) is 13.3. The second-order valence-corrected chi connectivity index (χ2v) is 6.56. The molecule has 1 amide bonds. The molecule has 0 aliphatic carbocycles. The van der Waals surface area contributed by atoms with Crippen LogP contribution in [0, 0.1) is 0 Å². The Labute approximate surface area is 112 Å². The van der Waals surface area contributed by atoms with Crippen molar-refractivity contribution >= 4 is 17.4 Å². The van der Waals surface area contributed by atoms with Crippen molar-refractivity contribution in [2.45, 2.75) is 39.2 Å². The molecule has 0 spiro atoms. The summed E-state index contributed by atoms with van der Waals surface area (Å²) in [4.78, 5) is 15.1. The van der Waals surface area contributed by atoms with E-state index in [0.717, 1.165) is 25.3 Å². The van der Waals surface area contributed by atoms with Gasteiger partial charge in [-0.2, -0.15) is 0 Å². The van der Waals surface area contributed by atoms with Gasteiger partial charge in [-0.15, -0.1) is 5.10 Å². The first kappa shape index (κ1) is 13.4. The largest absolute Gasteiger partial charge is 0.335 e. The number of hydrogen-bond acceptors (Lipinski definition) is 5. The van der Waals surface area contributed by atoms with E-state index in [0.29, 0.717) is 10.9 Å². The number of aromatic nitrogens is 2. The Morgan fingerprint density at radius 1 is 1.50 bits per heavy atom. The summed E-state index contributed by atoms with van der Waals surface area (Å²) in [5.74, 6) is 0.0725. The number of nitrogens with one attached hydrogen (secondary N) is 1. The first-order valence-corrected chi connectivity index (χ1v) is 7.02. The fourth-order valence-electron chi connectivity index (χ4n) is 2.08. The molecule has 1 atom stereocenters. The highest BCUT2D eigenvalue weighted by molar-refractivity contribution is 7.08. The highest BCUT2D eigenvalue weighted by Gasteiger charge is 2.30. The fraction of sp³-hybridized carbons (Fsp3) is 0.750. The summed E-state index contributed by atoms with van der Waals surface area (Å²) in [6.07, 6.45) is 0. The minimum absolute atomic E-state index is 0.0725. The lowest BCUT2D eigenvalue weighted by atomic mass is 9.91. The van der Waals surface area contributed by atoms with Gasteiger partial charge in [-0.1, -0.05) is 25.3 Å². The van der Waals surface area contributed by atoms with Crippen molar-refractivity contribution in [1.29, 1.82) is 0 Å². The third-order valence-electron chi connectivity index (χ3n) is 3.05. The Morgan fingerprint density at radius 3 is 2.83 bits per heavy atom. The van der Waals surface area contributed by atoms with Crippen molar-refractivity contribution in [1.82, 2.24) is 19.8 Å². The van der Waals surface area contributed by atoms with Crippen LogP contribution in [0.25, 0.3) is 0 Å². The van der Waals surface area contributed by atoms with Crippen molar-refractivity contribution in [2.24, 2.45) is 0 Å². The molecule has 0 aromatic carbocycles. The summed E-state index contributed by atoms with van der Waals surface area (Å²) in [7, 11) is 0. The molecule has 2 rings (SSSR count). The monoisotopic (exact) mass is 268 g/mol. The first-order valence-electron chi connectivity index (χ1n) is 6.25. The molecule has 1 aromatic heterocycles. The third-order valence-corrected chi connectivity index (χ3v) is 3.76. The van der Waals surface area contributed by atoms with E-state index in [1.54, 1.807) is 0 Å². The lowest BCUT2D eigenvalue weighted by Crippen LogP contribution is -2.51. The van der Waals surface area contributed by atoms with E-state index in [-0.39, 0.29) is 11.3 Å². The van der Waals surface area contributed by atoms with E-state index in [1.165, 1.54) is 11.5 Å². The van der Waals surface area contributed by atoms with Gasteiger partial charge in [0.25, 0.3) is 5.91 Å². The van der Waals surface area contributed by atoms with Crippen molar-refractivity contribution in [3.8, 4) is 0 Å². The molecule has 18 heavy (non-hydrogen) atoms. The molecule has 1 aliphatic heterocycles. The Morgan fingerprint density at radius 2 is 2.22 bits per heavy atom. The maximum atomic E-state index is 12.5. The molecule has 1 N–H and O–H groups in total. The molecule has 0 saturated carbocycles. The number of amides is 1. The maximum absolute atomic E-state index is 12.5. The molecular weight excluding hydrogens is 248 g/mol. The Bertz CT molecular complexity index is 438. The van der Waals surface area contributed by atoms with Gasteiger partial charge in [-0.05, 0) is 18.5 Å². The van der Waals surface area contributed by atoms with Gasteiger partial charge in [0.05, 0.1) is 5.69 Å². The lowest BCUT2D eigenvalue weighted by Gasteiger charge is -2.32. The lowest BCUT2D eigenvalue weighted by molar-refractivity contribution is 0.0711. The molecule has 6 heteroatoms. The highest BCUT2D eigenvalue weighted by Crippen LogP contribution is 2.27. The van der Waals surface area contributed by atoms with Gasteiger partial charge in [0.2, 0.25) is 0 Å². The first-order chi connectivity index (χ1) is 8.39. The second-order valence-electron chi connectivity index (χ2n) is 5.81. The quantitative estimate of drug-likeness (QED) is 0.833. The minimum Gasteiger partial charge on any atom is -0.335 e. The molecule has 1 aliphatic rings. The van der Waals surface area contributed by atoms with Gasteiger partial charge in [0.1, 0.15) is 4.88 Å². The fourth-order valence-corrected chi connectivity index (χ4v) is 2.93. The average Bonchev–Trinajstić information content (AvgIpc) is 2.76. The van der Waals surface area contributed by atoms with Crippen LogP contribution in [-0.4, -0.2) is 46.1 Å². The molecular formula is C12H20N4OS. The van der Waals surface area contributed by atoms with Gasteiger partial charge < -0.3 is 10.2 Å². The van der Waals surface area contributed by atoms with Crippen LogP contribution in [0.1, 0.15) is 43.1 Å². The second kappa shape index (κ2) is 4.93. The summed E-state index contributed by atoms with van der Waals surface area (Å²) in [6, 6.07) is 0.349. The van der Waals surface area contributed by atoms with Crippen molar-refractivity contribution in [3.05, 3.63) is 10.6 Å². The Kier molecular flexibility index (Phi) is 3.68. The van der Waals surface area contributed by atoms with E-state index < -0.39 is 0 Å². The van der Waals surface area contributed by atoms with E-state index in [4.69, 9.17) is 0 Å². The summed E-state index contributed by atoms with van der Waals surface area (Å²) in [5.41, 5.74) is 0.668. The van der Waals surface area contributed by atoms with Crippen LogP contribution >= 0.6 is 11.5 Å². The summed E-state index contributed by atoms with van der Waals surface area (Å²) in [6.45, 7) is 10.6. The highest BCUT2D eigenvalue weighted by atomic mass is 32.1. The molecule has 1 fully saturated rings. The zero-order valence-corrected chi connectivity index (χ0v) is 12.2. The van der Waals surface area contributed by atoms with Crippen LogP contribution in [0.3, 0.4) is 0 Å². The summed E-state index contributed by atoms with van der Waals surface area (Å²) < 4.78 is 3.95. The third kappa shape index (κ3) is 2.70. The van der Waals surface area contributed by atoms with Crippen molar-refractivity contribution < 1.29 is 4.79 Å². The number of carbonyl (C=O) groups is 1. The van der Waals surface area contributed by atoms with Gasteiger partial charge in [0.15, 0.2) is 0 Å². The number of rotatable bonds is 1. The molecule has 1 unspecified atom stereocenters.